The third-order valence-corrected chi connectivity index (χ3v) is 2.29. The van der Waals surface area contributed by atoms with E-state index in [4.69, 9.17) is 21.4 Å². The topological polar surface area (TPSA) is 49.8 Å². The van der Waals surface area contributed by atoms with E-state index >= 15 is 0 Å². The maximum absolute atomic E-state index is 10.3. The number of nitrogens with zero attached hydrogens (tertiary/aromatic N) is 1. The van der Waals surface area contributed by atoms with Gasteiger partial charge in [0.1, 0.15) is 6.61 Å². The predicted molar refractivity (Wildman–Crippen MR) is 53.4 cm³/mol. The third kappa shape index (κ3) is 3.29. The van der Waals surface area contributed by atoms with Crippen LogP contribution in [0.2, 0.25) is 0 Å². The first-order valence-electron chi connectivity index (χ1n) is 4.39. The lowest BCUT2D eigenvalue weighted by molar-refractivity contribution is -0.163. The number of rotatable bonds is 5. The summed E-state index contributed by atoms with van der Waals surface area (Å²) in [6.45, 7) is 3.98. The molecule has 0 unspecified atom stereocenters. The zero-order valence-electron chi connectivity index (χ0n) is 8.07. The predicted octanol–water partition coefficient (Wildman–Crippen LogP) is 0.914. The highest BCUT2D eigenvalue weighted by molar-refractivity contribution is 6.25. The van der Waals surface area contributed by atoms with Gasteiger partial charge in [-0.1, -0.05) is 17.7 Å². The minimum Gasteiger partial charge on any atom is -0.480 e. The van der Waals surface area contributed by atoms with Crippen LogP contribution in [0.1, 0.15) is 6.92 Å². The Kier molecular flexibility index (Phi) is 3.92. The monoisotopic (exact) mass is 219 g/mol. The Morgan fingerprint density at radius 3 is 2.86 bits per heavy atom. The molecular formula is C9H14ClNO3. The fraction of sp³-hybridized carbons (Fsp3) is 0.667. The SMILES string of the molecule is CC1(OCC(=O)O)CN(C/C=C/Cl)C1. The van der Waals surface area contributed by atoms with Crippen molar-refractivity contribution in [2.75, 3.05) is 26.2 Å². The van der Waals surface area contributed by atoms with Gasteiger partial charge in [-0.05, 0) is 6.92 Å². The first-order chi connectivity index (χ1) is 6.56. The molecule has 0 aromatic heterocycles. The molecule has 1 rings (SSSR count). The lowest BCUT2D eigenvalue weighted by Gasteiger charge is -2.46. The summed E-state index contributed by atoms with van der Waals surface area (Å²) in [7, 11) is 0. The second kappa shape index (κ2) is 4.77. The molecule has 0 bridgehead atoms. The summed E-state index contributed by atoms with van der Waals surface area (Å²) in [5.74, 6) is -0.926. The van der Waals surface area contributed by atoms with Gasteiger partial charge >= 0.3 is 5.97 Å². The van der Waals surface area contributed by atoms with E-state index in [1.54, 1.807) is 0 Å². The molecule has 1 aliphatic heterocycles. The first kappa shape index (κ1) is 11.5. The summed E-state index contributed by atoms with van der Waals surface area (Å²) in [5, 5.41) is 8.44. The number of carboxylic acid groups (broad SMARTS) is 1. The maximum atomic E-state index is 10.3. The van der Waals surface area contributed by atoms with Crippen molar-refractivity contribution in [3.8, 4) is 0 Å². The summed E-state index contributed by atoms with van der Waals surface area (Å²) in [6.07, 6.45) is 1.85. The molecule has 1 N–H and O–H groups in total. The van der Waals surface area contributed by atoms with Gasteiger partial charge in [0.15, 0.2) is 0 Å². The lowest BCUT2D eigenvalue weighted by Crippen LogP contribution is -2.61. The molecule has 5 heteroatoms. The normalized spacial score (nSPS) is 21.0. The van der Waals surface area contributed by atoms with E-state index in [9.17, 15) is 4.79 Å². The number of halogens is 1. The number of carboxylic acids is 1. The molecule has 0 atom stereocenters. The van der Waals surface area contributed by atoms with Crippen LogP contribution in [-0.4, -0.2) is 47.8 Å². The fourth-order valence-corrected chi connectivity index (χ4v) is 1.62. The molecule has 0 amide bonds. The number of carbonyl (C=O) groups is 1. The van der Waals surface area contributed by atoms with E-state index in [1.807, 2.05) is 13.0 Å². The quantitative estimate of drug-likeness (QED) is 0.747. The molecular weight excluding hydrogens is 206 g/mol. The smallest absolute Gasteiger partial charge is 0.329 e. The highest BCUT2D eigenvalue weighted by Crippen LogP contribution is 2.24. The summed E-state index contributed by atoms with van der Waals surface area (Å²) < 4.78 is 5.24. The van der Waals surface area contributed by atoms with Gasteiger partial charge in [0, 0.05) is 25.2 Å². The van der Waals surface area contributed by atoms with Gasteiger partial charge in [0.25, 0.3) is 0 Å². The van der Waals surface area contributed by atoms with Crippen molar-refractivity contribution in [2.45, 2.75) is 12.5 Å². The van der Waals surface area contributed by atoms with Crippen molar-refractivity contribution in [3.63, 3.8) is 0 Å². The van der Waals surface area contributed by atoms with Gasteiger partial charge in [0.05, 0.1) is 5.60 Å². The number of likely N-dealkylation sites (tertiary alicyclic amines) is 1. The Morgan fingerprint density at radius 1 is 1.71 bits per heavy atom. The van der Waals surface area contributed by atoms with E-state index in [2.05, 4.69) is 4.90 Å². The number of aliphatic carboxylic acids is 1. The van der Waals surface area contributed by atoms with E-state index in [1.165, 1.54) is 5.54 Å². The highest BCUT2D eigenvalue weighted by Gasteiger charge is 2.39. The summed E-state index contributed by atoms with van der Waals surface area (Å²) in [6, 6.07) is 0. The van der Waals surface area contributed by atoms with Gasteiger partial charge in [-0.25, -0.2) is 4.79 Å². The largest absolute Gasteiger partial charge is 0.480 e. The van der Waals surface area contributed by atoms with Crippen LogP contribution >= 0.6 is 11.6 Å². The minimum atomic E-state index is -0.926. The molecule has 80 valence electrons. The van der Waals surface area contributed by atoms with Crippen molar-refractivity contribution in [1.29, 1.82) is 0 Å². The molecule has 1 aliphatic rings. The van der Waals surface area contributed by atoms with Crippen molar-refractivity contribution in [3.05, 3.63) is 11.6 Å². The summed E-state index contributed by atoms with van der Waals surface area (Å²) in [5.41, 5.74) is 1.17. The molecule has 1 saturated heterocycles. The van der Waals surface area contributed by atoms with Crippen molar-refractivity contribution in [2.24, 2.45) is 0 Å². The molecule has 1 heterocycles. The second-order valence-electron chi connectivity index (χ2n) is 3.66. The number of ether oxygens (including phenoxy) is 1. The van der Waals surface area contributed by atoms with E-state index in [-0.39, 0.29) is 12.2 Å². The molecule has 0 aliphatic carbocycles. The van der Waals surface area contributed by atoms with Crippen LogP contribution in [0.5, 0.6) is 0 Å². The van der Waals surface area contributed by atoms with E-state index < -0.39 is 5.97 Å². The number of hydrogen-bond donors (Lipinski definition) is 1. The Bertz CT molecular complexity index is 236. The third-order valence-electron chi connectivity index (χ3n) is 2.11. The molecule has 0 aromatic carbocycles. The second-order valence-corrected chi connectivity index (χ2v) is 3.92. The van der Waals surface area contributed by atoms with Crippen molar-refractivity contribution < 1.29 is 14.6 Å². The molecule has 0 aromatic rings. The molecule has 0 spiro atoms. The van der Waals surface area contributed by atoms with Crippen LogP contribution in [0.3, 0.4) is 0 Å². The van der Waals surface area contributed by atoms with Gasteiger partial charge < -0.3 is 9.84 Å². The minimum absolute atomic E-state index is 0.227. The standard InChI is InChI=1S/C9H14ClNO3/c1-9(14-5-8(12)13)6-11(7-9)4-2-3-10/h2-3H,4-7H2,1H3,(H,12,13)/b3-2+. The Morgan fingerprint density at radius 2 is 2.36 bits per heavy atom. The molecule has 1 fully saturated rings. The Labute approximate surface area is 88.1 Å². The van der Waals surface area contributed by atoms with Crippen LogP contribution in [-0.2, 0) is 9.53 Å². The average molecular weight is 220 g/mol. The Balaban J connectivity index is 2.20. The number of hydrogen-bond acceptors (Lipinski definition) is 3. The first-order valence-corrected chi connectivity index (χ1v) is 4.83. The zero-order chi connectivity index (χ0) is 10.6. The molecule has 0 saturated carbocycles. The Hall–Kier alpha value is -0.580. The molecule has 4 nitrogen and oxygen atoms in total. The zero-order valence-corrected chi connectivity index (χ0v) is 8.83. The average Bonchev–Trinajstić information content (AvgIpc) is 2.07. The summed E-state index contributed by atoms with van der Waals surface area (Å²) >= 11 is 5.38. The molecule has 0 radical (unpaired) electrons. The summed E-state index contributed by atoms with van der Waals surface area (Å²) in [4.78, 5) is 12.4. The fourth-order valence-electron chi connectivity index (χ4n) is 1.54. The van der Waals surface area contributed by atoms with Crippen LogP contribution in [0.15, 0.2) is 11.6 Å². The van der Waals surface area contributed by atoms with Crippen LogP contribution in [0, 0.1) is 0 Å². The highest BCUT2D eigenvalue weighted by atomic mass is 35.5. The van der Waals surface area contributed by atoms with Gasteiger partial charge in [-0.15, -0.1) is 0 Å². The maximum Gasteiger partial charge on any atom is 0.329 e. The van der Waals surface area contributed by atoms with Crippen LogP contribution in [0.4, 0.5) is 0 Å². The van der Waals surface area contributed by atoms with Crippen molar-refractivity contribution in [1.82, 2.24) is 4.90 Å². The van der Waals surface area contributed by atoms with E-state index in [0.717, 1.165) is 19.6 Å². The van der Waals surface area contributed by atoms with Gasteiger partial charge in [-0.3, -0.25) is 4.90 Å². The van der Waals surface area contributed by atoms with E-state index in [0.29, 0.717) is 0 Å². The lowest BCUT2D eigenvalue weighted by atomic mass is 9.96. The molecule has 14 heavy (non-hydrogen) atoms. The van der Waals surface area contributed by atoms with Crippen LogP contribution < -0.4 is 0 Å². The van der Waals surface area contributed by atoms with Crippen LogP contribution in [0.25, 0.3) is 0 Å². The van der Waals surface area contributed by atoms with Crippen molar-refractivity contribution >= 4 is 17.6 Å². The van der Waals surface area contributed by atoms with Gasteiger partial charge in [0.2, 0.25) is 0 Å². The van der Waals surface area contributed by atoms with Gasteiger partial charge in [-0.2, -0.15) is 0 Å².